The molecule has 142 valence electrons. The molecule has 0 heterocycles. The third kappa shape index (κ3) is 7.70. The number of halogens is 2. The van der Waals surface area contributed by atoms with Crippen molar-refractivity contribution in [1.82, 2.24) is 10.6 Å². The van der Waals surface area contributed by atoms with E-state index in [0.717, 1.165) is 23.6 Å². The molecule has 0 atom stereocenters. The van der Waals surface area contributed by atoms with E-state index in [2.05, 4.69) is 27.8 Å². The average Bonchev–Trinajstić information content (AvgIpc) is 2.63. The van der Waals surface area contributed by atoms with E-state index in [9.17, 15) is 4.39 Å². The summed E-state index contributed by atoms with van der Waals surface area (Å²) in [6.07, 6.45) is 0.614. The van der Waals surface area contributed by atoms with Crippen molar-refractivity contribution in [2.75, 3.05) is 20.2 Å². The van der Waals surface area contributed by atoms with E-state index in [-0.39, 0.29) is 29.8 Å². The van der Waals surface area contributed by atoms with Gasteiger partial charge in [0.05, 0.1) is 13.2 Å². The second-order valence-corrected chi connectivity index (χ2v) is 5.71. The molecule has 0 bridgehead atoms. The number of hydrogen-bond donors (Lipinski definition) is 2. The molecule has 0 unspecified atom stereocenters. The van der Waals surface area contributed by atoms with Gasteiger partial charge >= 0.3 is 0 Å². The van der Waals surface area contributed by atoms with Crippen LogP contribution in [0.3, 0.4) is 0 Å². The van der Waals surface area contributed by atoms with Crippen molar-refractivity contribution in [2.45, 2.75) is 26.5 Å². The van der Waals surface area contributed by atoms with Crippen molar-refractivity contribution in [3.63, 3.8) is 0 Å². The minimum absolute atomic E-state index is 0. The first-order valence-corrected chi connectivity index (χ1v) is 8.55. The third-order valence-corrected chi connectivity index (χ3v) is 3.74. The zero-order valence-corrected chi connectivity index (χ0v) is 17.6. The first-order valence-electron chi connectivity index (χ1n) is 8.55. The predicted octanol–water partition coefficient (Wildman–Crippen LogP) is 3.89. The number of aliphatic imine (C=N–C) groups is 1. The van der Waals surface area contributed by atoms with E-state index >= 15 is 0 Å². The molecule has 0 fully saturated rings. The highest BCUT2D eigenvalue weighted by Crippen LogP contribution is 2.07. The molecule has 2 aromatic rings. The van der Waals surface area contributed by atoms with Crippen LogP contribution in [0, 0.1) is 5.82 Å². The van der Waals surface area contributed by atoms with Crippen molar-refractivity contribution >= 4 is 29.9 Å². The Morgan fingerprint density at radius 3 is 2.38 bits per heavy atom. The first kappa shape index (κ1) is 22.4. The molecule has 0 spiro atoms. The topological polar surface area (TPSA) is 45.7 Å². The van der Waals surface area contributed by atoms with Gasteiger partial charge in [0.25, 0.3) is 0 Å². The second kappa shape index (κ2) is 12.6. The molecule has 0 saturated heterocycles. The Labute approximate surface area is 172 Å². The number of rotatable bonds is 8. The zero-order valence-electron chi connectivity index (χ0n) is 15.3. The van der Waals surface area contributed by atoms with Crippen molar-refractivity contribution in [3.8, 4) is 0 Å². The highest BCUT2D eigenvalue weighted by molar-refractivity contribution is 14.0. The number of ether oxygens (including phenoxy) is 1. The number of nitrogens with one attached hydrogen (secondary N) is 2. The molecule has 0 aliphatic heterocycles. The maximum atomic E-state index is 13.6. The molecule has 4 nitrogen and oxygen atoms in total. The van der Waals surface area contributed by atoms with Crippen molar-refractivity contribution < 1.29 is 9.13 Å². The van der Waals surface area contributed by atoms with Crippen LogP contribution in [0.4, 0.5) is 4.39 Å². The van der Waals surface area contributed by atoms with Gasteiger partial charge in [-0.3, -0.25) is 0 Å². The Bertz CT molecular complexity index is 677. The fourth-order valence-corrected chi connectivity index (χ4v) is 2.44. The minimum atomic E-state index is -0.164. The van der Waals surface area contributed by atoms with E-state index < -0.39 is 0 Å². The number of hydrogen-bond acceptors (Lipinski definition) is 2. The molecular weight excluding hydrogens is 444 g/mol. The number of benzene rings is 2. The molecule has 2 rings (SSSR count). The van der Waals surface area contributed by atoms with Crippen LogP contribution in [-0.4, -0.2) is 26.2 Å². The molecule has 0 saturated carbocycles. The van der Waals surface area contributed by atoms with Crippen LogP contribution in [0.5, 0.6) is 0 Å². The summed E-state index contributed by atoms with van der Waals surface area (Å²) < 4.78 is 18.7. The van der Waals surface area contributed by atoms with Crippen LogP contribution in [0.15, 0.2) is 53.5 Å². The molecule has 6 heteroatoms. The van der Waals surface area contributed by atoms with Crippen LogP contribution < -0.4 is 10.6 Å². The van der Waals surface area contributed by atoms with E-state index in [1.165, 1.54) is 6.07 Å². The van der Waals surface area contributed by atoms with Gasteiger partial charge in [0, 0.05) is 20.2 Å². The first-order chi connectivity index (χ1) is 12.2. The van der Waals surface area contributed by atoms with Gasteiger partial charge in [-0.05, 0) is 36.1 Å². The Hall–Kier alpha value is -1.67. The van der Waals surface area contributed by atoms with Crippen LogP contribution in [-0.2, 0) is 24.3 Å². The van der Waals surface area contributed by atoms with Gasteiger partial charge in [-0.2, -0.15) is 0 Å². The van der Waals surface area contributed by atoms with Crippen LogP contribution >= 0.6 is 24.0 Å². The SMILES string of the molecule is CCNC(=NCc1ccc(COC)cc1)NCCc1ccccc1F.I. The van der Waals surface area contributed by atoms with Crippen molar-refractivity contribution in [1.29, 1.82) is 0 Å². The van der Waals surface area contributed by atoms with Gasteiger partial charge in [-0.15, -0.1) is 24.0 Å². The van der Waals surface area contributed by atoms with E-state index in [4.69, 9.17) is 4.74 Å². The molecule has 2 N–H and O–H groups in total. The number of nitrogens with zero attached hydrogens (tertiary/aromatic N) is 1. The summed E-state index contributed by atoms with van der Waals surface area (Å²) >= 11 is 0. The quantitative estimate of drug-likeness (QED) is 0.349. The highest BCUT2D eigenvalue weighted by Gasteiger charge is 2.02. The molecule has 2 aromatic carbocycles. The lowest BCUT2D eigenvalue weighted by Crippen LogP contribution is -2.38. The van der Waals surface area contributed by atoms with E-state index in [1.807, 2.05) is 31.2 Å². The van der Waals surface area contributed by atoms with Gasteiger partial charge < -0.3 is 15.4 Å². The molecule has 0 aromatic heterocycles. The summed E-state index contributed by atoms with van der Waals surface area (Å²) in [7, 11) is 1.69. The van der Waals surface area contributed by atoms with E-state index in [0.29, 0.717) is 31.7 Å². The summed E-state index contributed by atoms with van der Waals surface area (Å²) in [6.45, 7) is 4.62. The summed E-state index contributed by atoms with van der Waals surface area (Å²) in [4.78, 5) is 4.58. The number of guanidine groups is 1. The normalized spacial score (nSPS) is 11.0. The van der Waals surface area contributed by atoms with Crippen molar-refractivity contribution in [3.05, 3.63) is 71.0 Å². The monoisotopic (exact) mass is 471 g/mol. The van der Waals surface area contributed by atoms with Gasteiger partial charge in [0.15, 0.2) is 5.96 Å². The molecule has 0 aliphatic rings. The van der Waals surface area contributed by atoms with Crippen molar-refractivity contribution in [2.24, 2.45) is 4.99 Å². The Kier molecular flexibility index (Phi) is 10.9. The van der Waals surface area contributed by atoms with Gasteiger partial charge in [-0.1, -0.05) is 42.5 Å². The zero-order chi connectivity index (χ0) is 17.9. The largest absolute Gasteiger partial charge is 0.380 e. The fourth-order valence-electron chi connectivity index (χ4n) is 2.44. The molecule has 0 radical (unpaired) electrons. The smallest absolute Gasteiger partial charge is 0.191 e. The Morgan fingerprint density at radius 2 is 1.73 bits per heavy atom. The summed E-state index contributed by atoms with van der Waals surface area (Å²) in [6, 6.07) is 15.1. The lowest BCUT2D eigenvalue weighted by molar-refractivity contribution is 0.185. The fraction of sp³-hybridized carbons (Fsp3) is 0.350. The molecular formula is C20H27FIN3O. The van der Waals surface area contributed by atoms with Crippen LogP contribution in [0.1, 0.15) is 23.6 Å². The predicted molar refractivity (Wildman–Crippen MR) is 115 cm³/mol. The van der Waals surface area contributed by atoms with E-state index in [1.54, 1.807) is 13.2 Å². The number of methoxy groups -OCH3 is 1. The molecule has 0 amide bonds. The van der Waals surface area contributed by atoms with Gasteiger partial charge in [0.1, 0.15) is 5.82 Å². The van der Waals surface area contributed by atoms with Crippen LogP contribution in [0.25, 0.3) is 0 Å². The summed E-state index contributed by atoms with van der Waals surface area (Å²) in [5, 5.41) is 6.46. The van der Waals surface area contributed by atoms with Gasteiger partial charge in [-0.25, -0.2) is 9.38 Å². The maximum Gasteiger partial charge on any atom is 0.191 e. The minimum Gasteiger partial charge on any atom is -0.380 e. The third-order valence-electron chi connectivity index (χ3n) is 3.74. The standard InChI is InChI=1S/C20H26FN3O.HI/c1-3-22-20(23-13-12-18-6-4-5-7-19(18)21)24-14-16-8-10-17(11-9-16)15-25-2;/h4-11H,3,12-15H2,1-2H3,(H2,22,23,24);1H. The second-order valence-electron chi connectivity index (χ2n) is 5.71. The molecule has 0 aliphatic carbocycles. The van der Waals surface area contributed by atoms with Crippen LogP contribution in [0.2, 0.25) is 0 Å². The lowest BCUT2D eigenvalue weighted by Gasteiger charge is -2.11. The summed E-state index contributed by atoms with van der Waals surface area (Å²) in [5.74, 6) is 0.571. The average molecular weight is 471 g/mol. The Balaban J connectivity index is 0.00000338. The lowest BCUT2D eigenvalue weighted by atomic mass is 10.1. The summed E-state index contributed by atoms with van der Waals surface area (Å²) in [5.41, 5.74) is 2.98. The highest BCUT2D eigenvalue weighted by atomic mass is 127. The maximum absolute atomic E-state index is 13.6. The Morgan fingerprint density at radius 1 is 1.04 bits per heavy atom. The van der Waals surface area contributed by atoms with Gasteiger partial charge in [0.2, 0.25) is 0 Å². The molecule has 26 heavy (non-hydrogen) atoms.